The lowest BCUT2D eigenvalue weighted by molar-refractivity contribution is -0.127. The summed E-state index contributed by atoms with van der Waals surface area (Å²) in [6, 6.07) is 7.64. The first kappa shape index (κ1) is 15.4. The van der Waals surface area contributed by atoms with Gasteiger partial charge in [-0.15, -0.1) is 10.2 Å². The van der Waals surface area contributed by atoms with E-state index in [0.717, 1.165) is 35.3 Å². The van der Waals surface area contributed by atoms with Crippen LogP contribution in [0.1, 0.15) is 41.1 Å². The largest absolute Gasteiger partial charge is 0.395 e. The van der Waals surface area contributed by atoms with Crippen LogP contribution in [0.3, 0.4) is 0 Å². The predicted molar refractivity (Wildman–Crippen MR) is 81.7 cm³/mol. The SMILES string of the molecule is O=C(Nc1nnc(CC(F)(F)F)s1)N1C2CCC1c1ccccc12. The molecule has 3 heterocycles. The first-order chi connectivity index (χ1) is 11.4. The standard InChI is InChI=1S/C15H13F3N4OS/c16-15(17,18)7-12-20-21-13(24-12)19-14(23)22-10-5-6-11(22)9-4-2-1-3-8(9)10/h1-4,10-11H,5-7H2,(H,19,21,23). The number of alkyl halides is 3. The number of hydrogen-bond acceptors (Lipinski definition) is 4. The number of anilines is 1. The van der Waals surface area contributed by atoms with E-state index in [4.69, 9.17) is 0 Å². The number of fused-ring (bicyclic) bond motifs is 5. The summed E-state index contributed by atoms with van der Waals surface area (Å²) in [6.45, 7) is 0. The molecule has 1 saturated heterocycles. The van der Waals surface area contributed by atoms with Gasteiger partial charge in [0.05, 0.1) is 18.5 Å². The third-order valence-corrected chi connectivity index (χ3v) is 5.20. The fourth-order valence-electron chi connectivity index (χ4n) is 3.53. The summed E-state index contributed by atoms with van der Waals surface area (Å²) in [7, 11) is 0. The second-order valence-corrected chi connectivity index (χ2v) is 6.93. The van der Waals surface area contributed by atoms with Crippen molar-refractivity contribution in [1.29, 1.82) is 0 Å². The number of aromatic nitrogens is 2. The zero-order valence-electron chi connectivity index (χ0n) is 12.4. The Morgan fingerprint density at radius 2 is 1.83 bits per heavy atom. The molecule has 2 aliphatic rings. The highest BCUT2D eigenvalue weighted by Crippen LogP contribution is 2.52. The summed E-state index contributed by atoms with van der Waals surface area (Å²) in [5.41, 5.74) is 2.30. The quantitative estimate of drug-likeness (QED) is 0.885. The Bertz CT molecular complexity index is 760. The van der Waals surface area contributed by atoms with Gasteiger partial charge in [0.25, 0.3) is 0 Å². The minimum atomic E-state index is -4.34. The van der Waals surface area contributed by atoms with Gasteiger partial charge in [-0.25, -0.2) is 4.79 Å². The Morgan fingerprint density at radius 3 is 2.42 bits per heavy atom. The third kappa shape index (κ3) is 2.62. The second kappa shape index (κ2) is 5.44. The molecule has 2 bridgehead atoms. The molecule has 0 radical (unpaired) electrons. The number of nitrogens with zero attached hydrogens (tertiary/aromatic N) is 3. The molecule has 5 nitrogen and oxygen atoms in total. The van der Waals surface area contributed by atoms with Gasteiger partial charge in [0.1, 0.15) is 5.01 Å². The highest BCUT2D eigenvalue weighted by molar-refractivity contribution is 7.15. The maximum absolute atomic E-state index is 12.6. The van der Waals surface area contributed by atoms with E-state index in [-0.39, 0.29) is 28.3 Å². The highest BCUT2D eigenvalue weighted by atomic mass is 32.1. The number of halogens is 3. The van der Waals surface area contributed by atoms with Crippen LogP contribution in [0.4, 0.5) is 23.1 Å². The number of nitrogens with one attached hydrogen (secondary N) is 1. The molecule has 126 valence electrons. The van der Waals surface area contributed by atoms with E-state index < -0.39 is 12.6 Å². The van der Waals surface area contributed by atoms with Gasteiger partial charge >= 0.3 is 12.2 Å². The van der Waals surface area contributed by atoms with Crippen LogP contribution in [-0.4, -0.2) is 27.3 Å². The van der Waals surface area contributed by atoms with Crippen LogP contribution in [-0.2, 0) is 6.42 Å². The van der Waals surface area contributed by atoms with Gasteiger partial charge in [-0.3, -0.25) is 5.32 Å². The maximum atomic E-state index is 12.6. The Labute approximate surface area is 139 Å². The molecule has 1 aromatic heterocycles. The van der Waals surface area contributed by atoms with Crippen LogP contribution >= 0.6 is 11.3 Å². The van der Waals surface area contributed by atoms with E-state index in [9.17, 15) is 18.0 Å². The molecule has 1 N–H and O–H groups in total. The van der Waals surface area contributed by atoms with Crippen LogP contribution in [0.5, 0.6) is 0 Å². The monoisotopic (exact) mass is 354 g/mol. The fraction of sp³-hybridized carbons (Fsp3) is 0.400. The smallest absolute Gasteiger partial charge is 0.310 e. The number of carbonyl (C=O) groups is 1. The number of rotatable bonds is 2. The summed E-state index contributed by atoms with van der Waals surface area (Å²) in [6.07, 6.45) is -3.69. The van der Waals surface area contributed by atoms with Gasteiger partial charge in [-0.1, -0.05) is 35.6 Å². The van der Waals surface area contributed by atoms with E-state index >= 15 is 0 Å². The minimum absolute atomic E-state index is 0.0220. The Hall–Kier alpha value is -2.16. The van der Waals surface area contributed by atoms with Crippen LogP contribution < -0.4 is 5.32 Å². The van der Waals surface area contributed by atoms with Crippen molar-refractivity contribution in [3.63, 3.8) is 0 Å². The summed E-state index contributed by atoms with van der Waals surface area (Å²) in [4.78, 5) is 14.3. The van der Waals surface area contributed by atoms with Crippen molar-refractivity contribution in [2.75, 3.05) is 5.32 Å². The van der Waals surface area contributed by atoms with Crippen LogP contribution in [0.15, 0.2) is 24.3 Å². The van der Waals surface area contributed by atoms with Gasteiger partial charge in [0.15, 0.2) is 0 Å². The Kier molecular flexibility index (Phi) is 3.48. The molecule has 1 aromatic carbocycles. The number of benzene rings is 1. The average Bonchev–Trinajstić information content (AvgIpc) is 3.19. The molecule has 0 saturated carbocycles. The molecule has 2 atom stereocenters. The first-order valence-electron chi connectivity index (χ1n) is 7.49. The van der Waals surface area contributed by atoms with Crippen molar-refractivity contribution >= 4 is 22.5 Å². The lowest BCUT2D eigenvalue weighted by Crippen LogP contribution is -2.32. The minimum Gasteiger partial charge on any atom is -0.310 e. The van der Waals surface area contributed by atoms with Gasteiger partial charge in [-0.2, -0.15) is 13.2 Å². The van der Waals surface area contributed by atoms with Crippen molar-refractivity contribution in [3.05, 3.63) is 40.4 Å². The van der Waals surface area contributed by atoms with Crippen molar-refractivity contribution in [2.45, 2.75) is 37.5 Å². The summed E-state index contributed by atoms with van der Waals surface area (Å²) in [5.74, 6) is 0. The Morgan fingerprint density at radius 1 is 1.21 bits per heavy atom. The summed E-state index contributed by atoms with van der Waals surface area (Å²) < 4.78 is 37.1. The molecule has 0 spiro atoms. The number of urea groups is 1. The number of amides is 2. The normalized spacial score (nSPS) is 21.9. The van der Waals surface area contributed by atoms with Crippen molar-refractivity contribution in [2.24, 2.45) is 0 Å². The summed E-state index contributed by atoms with van der Waals surface area (Å²) in [5, 5.41) is 9.65. The zero-order valence-corrected chi connectivity index (χ0v) is 13.2. The molecule has 0 aliphatic carbocycles. The van der Waals surface area contributed by atoms with Crippen LogP contribution in [0.2, 0.25) is 0 Å². The van der Waals surface area contributed by atoms with E-state index in [1.165, 1.54) is 0 Å². The van der Waals surface area contributed by atoms with Gasteiger partial charge in [0.2, 0.25) is 5.13 Å². The molecule has 1 fully saturated rings. The Balaban J connectivity index is 1.49. The predicted octanol–water partition coefficient (Wildman–Crippen LogP) is 4.07. The number of carbonyl (C=O) groups excluding carboxylic acids is 1. The van der Waals surface area contributed by atoms with E-state index in [0.29, 0.717) is 0 Å². The molecule has 2 aliphatic heterocycles. The molecule has 2 unspecified atom stereocenters. The topological polar surface area (TPSA) is 58.1 Å². The van der Waals surface area contributed by atoms with Crippen molar-refractivity contribution in [1.82, 2.24) is 15.1 Å². The maximum Gasteiger partial charge on any atom is 0.395 e. The fourth-order valence-corrected chi connectivity index (χ4v) is 4.29. The van der Waals surface area contributed by atoms with Gasteiger partial charge in [-0.05, 0) is 24.0 Å². The lowest BCUT2D eigenvalue weighted by atomic mass is 9.92. The molecule has 4 rings (SSSR count). The number of hydrogen-bond donors (Lipinski definition) is 1. The molecule has 2 aromatic rings. The molecule has 2 amide bonds. The molecule has 24 heavy (non-hydrogen) atoms. The van der Waals surface area contributed by atoms with Gasteiger partial charge < -0.3 is 4.90 Å². The van der Waals surface area contributed by atoms with Crippen LogP contribution in [0, 0.1) is 0 Å². The third-order valence-electron chi connectivity index (χ3n) is 4.37. The van der Waals surface area contributed by atoms with E-state index in [1.807, 2.05) is 24.3 Å². The average molecular weight is 354 g/mol. The molecule has 9 heteroatoms. The zero-order chi connectivity index (χ0) is 16.9. The van der Waals surface area contributed by atoms with Crippen LogP contribution in [0.25, 0.3) is 0 Å². The first-order valence-corrected chi connectivity index (χ1v) is 8.31. The summed E-state index contributed by atoms with van der Waals surface area (Å²) >= 11 is 0.753. The van der Waals surface area contributed by atoms with Gasteiger partial charge in [0, 0.05) is 0 Å². The van der Waals surface area contributed by atoms with E-state index in [1.54, 1.807) is 4.90 Å². The second-order valence-electron chi connectivity index (χ2n) is 5.87. The lowest BCUT2D eigenvalue weighted by Gasteiger charge is -2.22. The molecular weight excluding hydrogens is 341 g/mol. The highest BCUT2D eigenvalue weighted by Gasteiger charge is 2.46. The van der Waals surface area contributed by atoms with Crippen molar-refractivity contribution < 1.29 is 18.0 Å². The molecular formula is C15H13F3N4OS. The van der Waals surface area contributed by atoms with Crippen molar-refractivity contribution in [3.8, 4) is 0 Å². The van der Waals surface area contributed by atoms with E-state index in [2.05, 4.69) is 15.5 Å².